The van der Waals surface area contributed by atoms with E-state index in [0.29, 0.717) is 13.1 Å². The maximum Gasteiger partial charge on any atom is 0.236 e. The van der Waals surface area contributed by atoms with Crippen LogP contribution in [0.15, 0.2) is 24.3 Å². The maximum atomic E-state index is 12.0. The third-order valence-electron chi connectivity index (χ3n) is 3.06. The molecule has 3 rings (SSSR count). The molecule has 2 aliphatic heterocycles. The van der Waals surface area contributed by atoms with E-state index >= 15 is 0 Å². The van der Waals surface area contributed by atoms with Crippen LogP contribution in [0, 0.1) is 0 Å². The standard InChI is InChI=1S/C11H12N2O/c14-10-11(5-6-12-7-11)8-3-1-2-4-9(8)13-10/h1-4,12H,5-7H2,(H,13,14)/t11-/m0/s1/i5D/t5-,11+/m1. The zero-order valence-corrected chi connectivity index (χ0v) is 7.71. The monoisotopic (exact) mass is 189 g/mol. The first-order valence-electron chi connectivity index (χ1n) is 5.37. The zero-order chi connectivity index (χ0) is 10.5. The largest absolute Gasteiger partial charge is 0.325 e. The van der Waals surface area contributed by atoms with E-state index in [1.165, 1.54) is 0 Å². The van der Waals surface area contributed by atoms with Gasteiger partial charge in [0.1, 0.15) is 0 Å². The van der Waals surface area contributed by atoms with Crippen molar-refractivity contribution in [1.82, 2.24) is 5.32 Å². The number of anilines is 1. The second kappa shape index (κ2) is 2.58. The number of nitrogens with one attached hydrogen (secondary N) is 2. The minimum absolute atomic E-state index is 0.0336. The van der Waals surface area contributed by atoms with E-state index in [0.717, 1.165) is 11.3 Å². The van der Waals surface area contributed by atoms with Gasteiger partial charge in [0.2, 0.25) is 5.91 Å². The number of carbonyl (C=O) groups excluding carboxylic acids is 1. The number of para-hydroxylation sites is 1. The van der Waals surface area contributed by atoms with Gasteiger partial charge in [0.15, 0.2) is 0 Å². The van der Waals surface area contributed by atoms with Crippen molar-refractivity contribution < 1.29 is 6.17 Å². The molecule has 0 radical (unpaired) electrons. The fraction of sp³-hybridized carbons (Fsp3) is 0.364. The smallest absolute Gasteiger partial charge is 0.236 e. The van der Waals surface area contributed by atoms with Crippen molar-refractivity contribution in [1.29, 1.82) is 0 Å². The van der Waals surface area contributed by atoms with Crippen LogP contribution in [0.4, 0.5) is 5.69 Å². The van der Waals surface area contributed by atoms with Gasteiger partial charge in [-0.15, -0.1) is 0 Å². The second-order valence-corrected chi connectivity index (χ2v) is 3.81. The molecule has 1 aromatic carbocycles. The van der Waals surface area contributed by atoms with Gasteiger partial charge < -0.3 is 10.6 Å². The molecule has 1 spiro atoms. The lowest BCUT2D eigenvalue weighted by atomic mass is 9.81. The average Bonchev–Trinajstić information content (AvgIpc) is 2.74. The van der Waals surface area contributed by atoms with E-state index < -0.39 is 5.41 Å². The molecule has 0 aromatic heterocycles. The van der Waals surface area contributed by atoms with E-state index in [-0.39, 0.29) is 12.3 Å². The van der Waals surface area contributed by atoms with Crippen LogP contribution in [0.25, 0.3) is 0 Å². The summed E-state index contributed by atoms with van der Waals surface area (Å²) in [6, 6.07) is 7.67. The summed E-state index contributed by atoms with van der Waals surface area (Å²) in [5, 5.41) is 5.99. The normalized spacial score (nSPS) is 35.6. The van der Waals surface area contributed by atoms with Gasteiger partial charge in [0.25, 0.3) is 0 Å². The Bertz CT molecular complexity index is 434. The van der Waals surface area contributed by atoms with Gasteiger partial charge in [-0.3, -0.25) is 4.79 Å². The fourth-order valence-corrected chi connectivity index (χ4v) is 2.30. The molecule has 14 heavy (non-hydrogen) atoms. The van der Waals surface area contributed by atoms with Gasteiger partial charge in [0, 0.05) is 13.6 Å². The second-order valence-electron chi connectivity index (χ2n) is 3.81. The van der Waals surface area contributed by atoms with Crippen LogP contribution in [-0.2, 0) is 10.2 Å². The SMILES string of the molecule is [2H][C@@H]1CNC[C@@]12C(=O)Nc1ccccc12. The average molecular weight is 189 g/mol. The number of hydrogen-bond donors (Lipinski definition) is 2. The van der Waals surface area contributed by atoms with Crippen LogP contribution in [0.3, 0.4) is 0 Å². The summed E-state index contributed by atoms with van der Waals surface area (Å²) in [4.78, 5) is 12.0. The molecule has 1 fully saturated rings. The predicted molar refractivity (Wildman–Crippen MR) is 54.2 cm³/mol. The Morgan fingerprint density at radius 2 is 2.29 bits per heavy atom. The number of hydrogen-bond acceptors (Lipinski definition) is 2. The van der Waals surface area contributed by atoms with Gasteiger partial charge in [-0.2, -0.15) is 0 Å². The van der Waals surface area contributed by atoms with Crippen molar-refractivity contribution in [3.05, 3.63) is 29.8 Å². The molecule has 72 valence electrons. The van der Waals surface area contributed by atoms with Crippen LogP contribution in [-0.4, -0.2) is 19.0 Å². The summed E-state index contributed by atoms with van der Waals surface area (Å²) in [6.07, 6.45) is -0.388. The lowest BCUT2D eigenvalue weighted by Gasteiger charge is -2.19. The molecule has 0 unspecified atom stereocenters. The lowest BCUT2D eigenvalue weighted by molar-refractivity contribution is -0.120. The van der Waals surface area contributed by atoms with E-state index in [1.807, 2.05) is 24.3 Å². The van der Waals surface area contributed by atoms with Crippen LogP contribution in [0.5, 0.6) is 0 Å². The van der Waals surface area contributed by atoms with Crippen molar-refractivity contribution in [3.63, 3.8) is 0 Å². The molecule has 1 saturated heterocycles. The van der Waals surface area contributed by atoms with Gasteiger partial charge in [-0.25, -0.2) is 0 Å². The first-order chi connectivity index (χ1) is 7.25. The van der Waals surface area contributed by atoms with E-state index in [1.54, 1.807) is 0 Å². The first-order valence-corrected chi connectivity index (χ1v) is 4.79. The molecule has 1 amide bonds. The summed E-state index contributed by atoms with van der Waals surface area (Å²) in [5.41, 5.74) is 1.18. The van der Waals surface area contributed by atoms with Crippen LogP contribution in [0.2, 0.25) is 0 Å². The van der Waals surface area contributed by atoms with Gasteiger partial charge in [-0.1, -0.05) is 18.2 Å². The Hall–Kier alpha value is -1.35. The van der Waals surface area contributed by atoms with Crippen LogP contribution in [0.1, 0.15) is 13.3 Å². The van der Waals surface area contributed by atoms with Gasteiger partial charge >= 0.3 is 0 Å². The highest BCUT2D eigenvalue weighted by Gasteiger charge is 2.48. The number of carbonyl (C=O) groups is 1. The third kappa shape index (κ3) is 0.826. The molecular weight excluding hydrogens is 176 g/mol. The Balaban J connectivity index is 2.21. The molecule has 0 bridgehead atoms. The highest BCUT2D eigenvalue weighted by molar-refractivity contribution is 6.06. The Morgan fingerprint density at radius 3 is 3.07 bits per heavy atom. The molecule has 0 saturated carbocycles. The lowest BCUT2D eigenvalue weighted by Crippen LogP contribution is -2.36. The number of rotatable bonds is 0. The van der Waals surface area contributed by atoms with E-state index in [9.17, 15) is 4.79 Å². The minimum Gasteiger partial charge on any atom is -0.325 e. The minimum atomic E-state index is -0.656. The van der Waals surface area contributed by atoms with Crippen LogP contribution >= 0.6 is 0 Å². The van der Waals surface area contributed by atoms with Crippen molar-refractivity contribution in [2.45, 2.75) is 11.8 Å². The summed E-state index contributed by atoms with van der Waals surface area (Å²) in [6.45, 7) is 1.16. The highest BCUT2D eigenvalue weighted by Crippen LogP contribution is 2.41. The van der Waals surface area contributed by atoms with Crippen LogP contribution < -0.4 is 10.6 Å². The molecule has 3 nitrogen and oxygen atoms in total. The number of fused-ring (bicyclic) bond motifs is 2. The van der Waals surface area contributed by atoms with Gasteiger partial charge in [-0.05, 0) is 24.6 Å². The quantitative estimate of drug-likeness (QED) is 0.636. The molecule has 2 heterocycles. The van der Waals surface area contributed by atoms with E-state index in [4.69, 9.17) is 1.37 Å². The summed E-state index contributed by atoms with van der Waals surface area (Å²) >= 11 is 0. The van der Waals surface area contributed by atoms with E-state index in [2.05, 4.69) is 10.6 Å². The molecule has 3 heteroatoms. The molecule has 1 aromatic rings. The summed E-state index contributed by atoms with van der Waals surface area (Å²) < 4.78 is 8.02. The fourth-order valence-electron chi connectivity index (χ4n) is 2.30. The number of amides is 1. The summed E-state index contributed by atoms with van der Waals surface area (Å²) in [7, 11) is 0. The van der Waals surface area contributed by atoms with Crippen molar-refractivity contribution >= 4 is 11.6 Å². The zero-order valence-electron chi connectivity index (χ0n) is 8.71. The Morgan fingerprint density at radius 1 is 1.43 bits per heavy atom. The maximum absolute atomic E-state index is 12.0. The molecule has 2 aliphatic rings. The van der Waals surface area contributed by atoms with Crippen molar-refractivity contribution in [3.8, 4) is 0 Å². The number of benzene rings is 1. The molecule has 2 atom stereocenters. The third-order valence-corrected chi connectivity index (χ3v) is 3.06. The Labute approximate surface area is 83.9 Å². The molecular formula is C11H12N2O. The van der Waals surface area contributed by atoms with Gasteiger partial charge in [0.05, 0.1) is 5.41 Å². The molecule has 2 N–H and O–H groups in total. The summed E-state index contributed by atoms with van der Waals surface area (Å²) in [5.74, 6) is -0.0336. The van der Waals surface area contributed by atoms with Crippen molar-refractivity contribution in [2.24, 2.45) is 0 Å². The van der Waals surface area contributed by atoms with Crippen molar-refractivity contribution in [2.75, 3.05) is 18.4 Å². The topological polar surface area (TPSA) is 41.1 Å². The Kier molecular flexibility index (Phi) is 1.29. The predicted octanol–water partition coefficient (Wildman–Crippen LogP) is 0.870. The first kappa shape index (κ1) is 7.01. The highest BCUT2D eigenvalue weighted by atomic mass is 16.2. The molecule has 0 aliphatic carbocycles.